The van der Waals surface area contributed by atoms with Gasteiger partial charge in [-0.1, -0.05) is 74.9 Å². The average Bonchev–Trinajstić information content (AvgIpc) is 2.76. The highest BCUT2D eigenvalue weighted by atomic mass is 16.5. The molecule has 154 valence electrons. The summed E-state index contributed by atoms with van der Waals surface area (Å²) in [6, 6.07) is 5.09. The standard InChI is InChI=1S/C26H26O4/c1-7-13-16-21(11-5)26(28)29-22(12-6)24-19(9-3)17-14-18-23(24)30-25(27)20(10-4)15-8-2/h7-18H,2-5H2,1,6H3/b13-7-,20-15+,21-16+,22-12+. The van der Waals surface area contributed by atoms with Gasteiger partial charge in [0.25, 0.3) is 0 Å². The number of ether oxygens (including phenoxy) is 2. The second kappa shape index (κ2) is 12.5. The molecule has 0 saturated carbocycles. The zero-order chi connectivity index (χ0) is 22.5. The van der Waals surface area contributed by atoms with Crippen molar-refractivity contribution in [1.29, 1.82) is 0 Å². The third-order valence-corrected chi connectivity index (χ3v) is 3.87. The summed E-state index contributed by atoms with van der Waals surface area (Å²) in [5, 5.41) is 0. The number of carbonyl (C=O) groups excluding carboxylic acids is 2. The SMILES string of the molecule is C=C/C=C(\C=C)C(=O)Oc1cccc(C=C)c1/C(=C\C)OC(=O)/C(C=C)=C/C=C\C. The first-order chi connectivity index (χ1) is 14.5. The van der Waals surface area contributed by atoms with Gasteiger partial charge in [-0.3, -0.25) is 0 Å². The Balaban J connectivity index is 3.42. The van der Waals surface area contributed by atoms with Crippen LogP contribution in [0, 0.1) is 0 Å². The van der Waals surface area contributed by atoms with Crippen LogP contribution < -0.4 is 4.74 Å². The van der Waals surface area contributed by atoms with Crippen molar-refractivity contribution in [3.8, 4) is 5.75 Å². The Hall–Kier alpha value is -3.92. The molecule has 0 aliphatic carbocycles. The molecular weight excluding hydrogens is 376 g/mol. The molecule has 1 rings (SSSR count). The molecule has 0 aliphatic heterocycles. The molecule has 0 aromatic heterocycles. The highest BCUT2D eigenvalue weighted by molar-refractivity contribution is 5.97. The van der Waals surface area contributed by atoms with Gasteiger partial charge in [0.15, 0.2) is 0 Å². The lowest BCUT2D eigenvalue weighted by atomic mass is 10.0. The number of carbonyl (C=O) groups is 2. The van der Waals surface area contributed by atoms with Gasteiger partial charge in [0.2, 0.25) is 0 Å². The van der Waals surface area contributed by atoms with E-state index in [0.717, 1.165) is 0 Å². The van der Waals surface area contributed by atoms with Gasteiger partial charge in [0.05, 0.1) is 16.7 Å². The first-order valence-electron chi connectivity index (χ1n) is 9.24. The van der Waals surface area contributed by atoms with Crippen molar-refractivity contribution in [3.05, 3.63) is 115 Å². The Morgan fingerprint density at radius 1 is 0.933 bits per heavy atom. The fourth-order valence-electron chi connectivity index (χ4n) is 2.40. The molecule has 0 N–H and O–H groups in total. The Labute approximate surface area is 178 Å². The first-order valence-corrected chi connectivity index (χ1v) is 9.24. The van der Waals surface area contributed by atoms with E-state index in [-0.39, 0.29) is 22.7 Å². The van der Waals surface area contributed by atoms with Crippen LogP contribution in [0.1, 0.15) is 25.0 Å². The molecule has 0 bridgehead atoms. The quantitative estimate of drug-likeness (QED) is 0.155. The number of hydrogen-bond acceptors (Lipinski definition) is 4. The summed E-state index contributed by atoms with van der Waals surface area (Å²) < 4.78 is 11.2. The van der Waals surface area contributed by atoms with Gasteiger partial charge in [-0.15, -0.1) is 0 Å². The largest absolute Gasteiger partial charge is 0.422 e. The smallest absolute Gasteiger partial charge is 0.343 e. The van der Waals surface area contributed by atoms with E-state index in [1.54, 1.807) is 55.5 Å². The monoisotopic (exact) mass is 402 g/mol. The van der Waals surface area contributed by atoms with Crippen molar-refractivity contribution < 1.29 is 19.1 Å². The van der Waals surface area contributed by atoms with Crippen LogP contribution in [-0.4, -0.2) is 11.9 Å². The minimum atomic E-state index is -0.617. The second-order valence-corrected chi connectivity index (χ2v) is 5.77. The zero-order valence-electron chi connectivity index (χ0n) is 17.4. The van der Waals surface area contributed by atoms with E-state index >= 15 is 0 Å². The summed E-state index contributed by atoms with van der Waals surface area (Å²) in [5.74, 6) is -0.772. The summed E-state index contributed by atoms with van der Waals surface area (Å²) >= 11 is 0. The number of benzene rings is 1. The molecule has 0 fully saturated rings. The normalized spacial score (nSPS) is 12.3. The Morgan fingerprint density at radius 2 is 1.60 bits per heavy atom. The summed E-state index contributed by atoms with van der Waals surface area (Å²) in [6.07, 6.45) is 14.0. The Kier molecular flexibility index (Phi) is 10.1. The molecule has 0 unspecified atom stereocenters. The van der Waals surface area contributed by atoms with Crippen LogP contribution in [0.2, 0.25) is 0 Å². The van der Waals surface area contributed by atoms with Crippen molar-refractivity contribution in [2.24, 2.45) is 0 Å². The molecule has 0 atom stereocenters. The lowest BCUT2D eigenvalue weighted by Gasteiger charge is -2.16. The predicted octanol–water partition coefficient (Wildman–Crippen LogP) is 6.13. The highest BCUT2D eigenvalue weighted by Gasteiger charge is 2.20. The highest BCUT2D eigenvalue weighted by Crippen LogP contribution is 2.32. The van der Waals surface area contributed by atoms with E-state index in [4.69, 9.17) is 9.47 Å². The lowest BCUT2D eigenvalue weighted by molar-refractivity contribution is -0.132. The topological polar surface area (TPSA) is 52.6 Å². The maximum absolute atomic E-state index is 12.6. The molecule has 0 aliphatic rings. The van der Waals surface area contributed by atoms with Crippen LogP contribution in [0.25, 0.3) is 11.8 Å². The number of rotatable bonds is 10. The number of hydrogen-bond donors (Lipinski definition) is 0. The van der Waals surface area contributed by atoms with Gasteiger partial charge in [0.1, 0.15) is 11.5 Å². The molecule has 1 aromatic carbocycles. The summed E-state index contributed by atoms with van der Waals surface area (Å²) in [6.45, 7) is 18.2. The molecule has 1 aromatic rings. The van der Waals surface area contributed by atoms with Crippen LogP contribution in [-0.2, 0) is 14.3 Å². The van der Waals surface area contributed by atoms with E-state index in [0.29, 0.717) is 11.1 Å². The fourth-order valence-corrected chi connectivity index (χ4v) is 2.40. The molecule has 0 radical (unpaired) electrons. The predicted molar refractivity (Wildman–Crippen MR) is 123 cm³/mol. The van der Waals surface area contributed by atoms with Gasteiger partial charge in [-0.2, -0.15) is 0 Å². The summed E-state index contributed by atoms with van der Waals surface area (Å²) in [7, 11) is 0. The van der Waals surface area contributed by atoms with Crippen LogP contribution in [0.4, 0.5) is 0 Å². The van der Waals surface area contributed by atoms with Crippen molar-refractivity contribution in [2.45, 2.75) is 13.8 Å². The Morgan fingerprint density at radius 3 is 2.13 bits per heavy atom. The minimum absolute atomic E-state index is 0.215. The third-order valence-electron chi connectivity index (χ3n) is 3.87. The third kappa shape index (κ3) is 6.31. The number of esters is 2. The molecule has 0 heterocycles. The summed E-state index contributed by atoms with van der Waals surface area (Å²) in [5.41, 5.74) is 1.58. The van der Waals surface area contributed by atoms with Gasteiger partial charge < -0.3 is 9.47 Å². The molecule has 0 amide bonds. The molecule has 0 saturated heterocycles. The van der Waals surface area contributed by atoms with E-state index in [2.05, 4.69) is 26.3 Å². The molecule has 30 heavy (non-hydrogen) atoms. The van der Waals surface area contributed by atoms with Crippen molar-refractivity contribution in [2.75, 3.05) is 0 Å². The Bertz CT molecular complexity index is 969. The van der Waals surface area contributed by atoms with Gasteiger partial charge in [-0.25, -0.2) is 9.59 Å². The number of allylic oxidation sites excluding steroid dienone is 6. The van der Waals surface area contributed by atoms with E-state index in [1.165, 1.54) is 24.3 Å². The van der Waals surface area contributed by atoms with Crippen LogP contribution in [0.5, 0.6) is 5.75 Å². The molecular formula is C26H26O4. The second-order valence-electron chi connectivity index (χ2n) is 5.77. The van der Waals surface area contributed by atoms with Gasteiger partial charge >= 0.3 is 11.9 Å². The molecule has 0 spiro atoms. The van der Waals surface area contributed by atoms with Crippen molar-refractivity contribution >= 4 is 23.8 Å². The maximum Gasteiger partial charge on any atom is 0.343 e. The molecule has 4 nitrogen and oxygen atoms in total. The first kappa shape index (κ1) is 24.1. The van der Waals surface area contributed by atoms with E-state index in [9.17, 15) is 9.59 Å². The van der Waals surface area contributed by atoms with Crippen LogP contribution in [0.15, 0.2) is 104 Å². The van der Waals surface area contributed by atoms with E-state index in [1.807, 2.05) is 6.92 Å². The van der Waals surface area contributed by atoms with E-state index < -0.39 is 11.9 Å². The summed E-state index contributed by atoms with van der Waals surface area (Å²) in [4.78, 5) is 25.1. The van der Waals surface area contributed by atoms with Crippen molar-refractivity contribution in [1.82, 2.24) is 0 Å². The maximum atomic E-state index is 12.6. The van der Waals surface area contributed by atoms with Crippen molar-refractivity contribution in [3.63, 3.8) is 0 Å². The lowest BCUT2D eigenvalue weighted by Crippen LogP contribution is -2.13. The zero-order valence-corrected chi connectivity index (χ0v) is 17.4. The minimum Gasteiger partial charge on any atom is -0.422 e. The molecule has 4 heteroatoms. The van der Waals surface area contributed by atoms with Gasteiger partial charge in [-0.05, 0) is 43.7 Å². The fraction of sp³-hybridized carbons (Fsp3) is 0.0769. The average molecular weight is 402 g/mol. The van der Waals surface area contributed by atoms with Crippen LogP contribution >= 0.6 is 0 Å². The van der Waals surface area contributed by atoms with Gasteiger partial charge in [0, 0.05) is 0 Å². The van der Waals surface area contributed by atoms with Crippen LogP contribution in [0.3, 0.4) is 0 Å².